The van der Waals surface area contributed by atoms with E-state index in [1.165, 1.54) is 0 Å². The van der Waals surface area contributed by atoms with Crippen molar-refractivity contribution in [1.29, 1.82) is 0 Å². The van der Waals surface area contributed by atoms with E-state index in [4.69, 9.17) is 11.2 Å². The number of hydrogen-bond donors (Lipinski definition) is 1. The van der Waals surface area contributed by atoms with E-state index >= 15 is 0 Å². The standard InChI is InChI=1S/C25H19N5O/c1-3-14-31-24-11-7-6-10-23(24)30-16-26-21-15-18(12-13-22(21)30)27-25-20-9-5-4-8-19(20)17(2)28-29-25/h1,4-13,15-16H,14H2,2H3,(H,27,29). The molecule has 2 heterocycles. The van der Waals surface area contributed by atoms with Gasteiger partial charge in [-0.2, -0.15) is 5.10 Å². The Morgan fingerprint density at radius 3 is 2.68 bits per heavy atom. The summed E-state index contributed by atoms with van der Waals surface area (Å²) in [5.41, 5.74) is 4.48. The molecular weight excluding hydrogens is 386 g/mol. The summed E-state index contributed by atoms with van der Waals surface area (Å²) in [6, 6.07) is 21.9. The van der Waals surface area contributed by atoms with Gasteiger partial charge in [-0.15, -0.1) is 11.5 Å². The molecule has 0 aliphatic rings. The van der Waals surface area contributed by atoms with E-state index < -0.39 is 0 Å². The summed E-state index contributed by atoms with van der Waals surface area (Å²) in [7, 11) is 0. The number of aryl methyl sites for hydroxylation is 1. The van der Waals surface area contributed by atoms with E-state index in [2.05, 4.69) is 32.5 Å². The van der Waals surface area contributed by atoms with Crippen LogP contribution < -0.4 is 10.1 Å². The molecule has 0 unspecified atom stereocenters. The van der Waals surface area contributed by atoms with Crippen LogP contribution in [0.15, 0.2) is 73.1 Å². The Hall–Kier alpha value is -4.37. The molecule has 150 valence electrons. The van der Waals surface area contributed by atoms with Gasteiger partial charge in [0.2, 0.25) is 0 Å². The van der Waals surface area contributed by atoms with Crippen LogP contribution in [-0.2, 0) is 0 Å². The number of fused-ring (bicyclic) bond motifs is 2. The van der Waals surface area contributed by atoms with Crippen LogP contribution in [0, 0.1) is 19.3 Å². The highest BCUT2D eigenvalue weighted by molar-refractivity contribution is 5.95. The Kier molecular flexibility index (Phi) is 4.70. The average molecular weight is 405 g/mol. The van der Waals surface area contributed by atoms with Crippen molar-refractivity contribution in [2.45, 2.75) is 6.92 Å². The maximum atomic E-state index is 5.70. The third kappa shape index (κ3) is 3.43. The van der Waals surface area contributed by atoms with E-state index in [0.29, 0.717) is 11.6 Å². The predicted molar refractivity (Wildman–Crippen MR) is 123 cm³/mol. The van der Waals surface area contributed by atoms with Gasteiger partial charge in [-0.25, -0.2) is 4.98 Å². The third-order valence-electron chi connectivity index (χ3n) is 5.12. The normalized spacial score (nSPS) is 10.8. The fourth-order valence-electron chi connectivity index (χ4n) is 3.65. The molecule has 6 nitrogen and oxygen atoms in total. The van der Waals surface area contributed by atoms with Crippen molar-refractivity contribution in [3.63, 3.8) is 0 Å². The maximum Gasteiger partial charge on any atom is 0.160 e. The van der Waals surface area contributed by atoms with Gasteiger partial charge in [-0.1, -0.05) is 42.3 Å². The van der Waals surface area contributed by atoms with Crippen molar-refractivity contribution < 1.29 is 4.74 Å². The number of hydrogen-bond acceptors (Lipinski definition) is 5. The largest absolute Gasteiger partial charge is 0.479 e. The Labute approximate surface area is 179 Å². The second-order valence-electron chi connectivity index (χ2n) is 7.08. The molecular formula is C25H19N5O. The zero-order valence-corrected chi connectivity index (χ0v) is 16.9. The number of rotatable bonds is 5. The molecule has 0 fully saturated rings. The number of nitrogens with zero attached hydrogens (tertiary/aromatic N) is 4. The molecule has 0 amide bonds. The molecule has 0 aliphatic heterocycles. The molecule has 0 bridgehead atoms. The zero-order valence-electron chi connectivity index (χ0n) is 16.9. The molecule has 1 N–H and O–H groups in total. The molecule has 2 aromatic heterocycles. The van der Waals surface area contributed by atoms with Crippen molar-refractivity contribution in [2.75, 3.05) is 11.9 Å². The number of aromatic nitrogens is 4. The summed E-state index contributed by atoms with van der Waals surface area (Å²) < 4.78 is 7.69. The summed E-state index contributed by atoms with van der Waals surface area (Å²) in [5, 5.41) is 14.1. The molecule has 5 rings (SSSR count). The van der Waals surface area contributed by atoms with Crippen LogP contribution in [0.4, 0.5) is 11.5 Å². The van der Waals surface area contributed by atoms with Crippen LogP contribution in [-0.4, -0.2) is 26.4 Å². The third-order valence-corrected chi connectivity index (χ3v) is 5.12. The molecule has 0 saturated carbocycles. The molecule has 0 radical (unpaired) electrons. The van der Waals surface area contributed by atoms with Crippen LogP contribution in [0.25, 0.3) is 27.5 Å². The quantitative estimate of drug-likeness (QED) is 0.415. The van der Waals surface area contributed by atoms with Gasteiger partial charge in [0, 0.05) is 16.5 Å². The first-order chi connectivity index (χ1) is 15.2. The number of terminal acetylenes is 1. The number of imidazole rings is 1. The number of anilines is 2. The highest BCUT2D eigenvalue weighted by Crippen LogP contribution is 2.30. The monoisotopic (exact) mass is 405 g/mol. The molecule has 5 aromatic rings. The lowest BCUT2D eigenvalue weighted by Gasteiger charge is -2.12. The van der Waals surface area contributed by atoms with E-state index in [9.17, 15) is 0 Å². The fourth-order valence-corrected chi connectivity index (χ4v) is 3.65. The lowest BCUT2D eigenvalue weighted by Crippen LogP contribution is -2.00. The number of nitrogens with one attached hydrogen (secondary N) is 1. The second-order valence-corrected chi connectivity index (χ2v) is 7.08. The van der Waals surface area contributed by atoms with Crippen LogP contribution in [0.2, 0.25) is 0 Å². The first-order valence-corrected chi connectivity index (χ1v) is 9.86. The van der Waals surface area contributed by atoms with Crippen molar-refractivity contribution in [3.8, 4) is 23.8 Å². The van der Waals surface area contributed by atoms with Gasteiger partial charge in [0.05, 0.1) is 22.4 Å². The van der Waals surface area contributed by atoms with Gasteiger partial charge in [0.25, 0.3) is 0 Å². The molecule has 0 atom stereocenters. The highest BCUT2D eigenvalue weighted by atomic mass is 16.5. The first kappa shape index (κ1) is 18.6. The minimum atomic E-state index is 0.212. The Morgan fingerprint density at radius 2 is 1.81 bits per heavy atom. The van der Waals surface area contributed by atoms with Crippen LogP contribution in [0.3, 0.4) is 0 Å². The topological polar surface area (TPSA) is 64.9 Å². The van der Waals surface area contributed by atoms with E-state index in [1.807, 2.05) is 72.2 Å². The Balaban J connectivity index is 1.52. The predicted octanol–water partition coefficient (Wildman–Crippen LogP) is 5.03. The molecule has 31 heavy (non-hydrogen) atoms. The van der Waals surface area contributed by atoms with Crippen molar-refractivity contribution in [3.05, 3.63) is 78.8 Å². The van der Waals surface area contributed by atoms with Gasteiger partial charge in [0.1, 0.15) is 18.7 Å². The SMILES string of the molecule is C#CCOc1ccccc1-n1cnc2cc(Nc3nnc(C)c4ccccc34)ccc21. The van der Waals surface area contributed by atoms with Crippen molar-refractivity contribution >= 4 is 33.3 Å². The number of para-hydroxylation sites is 2. The minimum Gasteiger partial charge on any atom is -0.479 e. The first-order valence-electron chi connectivity index (χ1n) is 9.86. The van der Waals surface area contributed by atoms with Gasteiger partial charge < -0.3 is 10.1 Å². The second kappa shape index (κ2) is 7.81. The Morgan fingerprint density at radius 1 is 1.00 bits per heavy atom. The summed E-state index contributed by atoms with van der Waals surface area (Å²) in [4.78, 5) is 4.59. The summed E-state index contributed by atoms with van der Waals surface area (Å²) in [6.07, 6.45) is 7.13. The molecule has 0 saturated heterocycles. The number of benzene rings is 3. The average Bonchev–Trinajstić information content (AvgIpc) is 3.23. The van der Waals surface area contributed by atoms with E-state index in [-0.39, 0.29) is 6.61 Å². The smallest absolute Gasteiger partial charge is 0.160 e. The molecule has 3 aromatic carbocycles. The summed E-state index contributed by atoms with van der Waals surface area (Å²) in [5.74, 6) is 3.93. The van der Waals surface area contributed by atoms with Crippen molar-refractivity contribution in [2.24, 2.45) is 0 Å². The lowest BCUT2D eigenvalue weighted by molar-refractivity contribution is 0.369. The van der Waals surface area contributed by atoms with Crippen molar-refractivity contribution in [1.82, 2.24) is 19.7 Å². The Bertz CT molecular complexity index is 1450. The molecule has 6 heteroatoms. The minimum absolute atomic E-state index is 0.212. The molecule has 0 aliphatic carbocycles. The fraction of sp³-hybridized carbons (Fsp3) is 0.0800. The van der Waals surface area contributed by atoms with E-state index in [0.717, 1.165) is 38.9 Å². The van der Waals surface area contributed by atoms with Gasteiger partial charge in [-0.3, -0.25) is 4.57 Å². The summed E-state index contributed by atoms with van der Waals surface area (Å²) >= 11 is 0. The highest BCUT2D eigenvalue weighted by Gasteiger charge is 2.11. The maximum absolute atomic E-state index is 5.70. The van der Waals surface area contributed by atoms with Crippen LogP contribution in [0.5, 0.6) is 5.75 Å². The van der Waals surface area contributed by atoms with Crippen LogP contribution in [0.1, 0.15) is 5.69 Å². The van der Waals surface area contributed by atoms with Gasteiger partial charge in [0.15, 0.2) is 5.82 Å². The molecule has 0 spiro atoms. The van der Waals surface area contributed by atoms with Gasteiger partial charge >= 0.3 is 0 Å². The van der Waals surface area contributed by atoms with Gasteiger partial charge in [-0.05, 0) is 37.3 Å². The van der Waals surface area contributed by atoms with Crippen LogP contribution >= 0.6 is 0 Å². The van der Waals surface area contributed by atoms with E-state index in [1.54, 1.807) is 6.33 Å². The lowest BCUT2D eigenvalue weighted by atomic mass is 10.1. The zero-order chi connectivity index (χ0) is 21.2. The number of ether oxygens (including phenoxy) is 1. The summed E-state index contributed by atoms with van der Waals surface area (Å²) in [6.45, 7) is 2.17.